The fourth-order valence-electron chi connectivity index (χ4n) is 2.30. The summed E-state index contributed by atoms with van der Waals surface area (Å²) in [6, 6.07) is 7.75. The maximum Gasteiger partial charge on any atom is 0.254 e. The summed E-state index contributed by atoms with van der Waals surface area (Å²) in [6.45, 7) is 0.266. The van der Waals surface area contributed by atoms with Crippen LogP contribution in [0.15, 0.2) is 42.7 Å². The minimum atomic E-state index is -0.936. The van der Waals surface area contributed by atoms with Gasteiger partial charge in [-0.3, -0.25) is 9.59 Å². The Morgan fingerprint density at radius 1 is 1.00 bits per heavy atom. The van der Waals surface area contributed by atoms with Crippen LogP contribution in [0, 0.1) is 11.6 Å². The molecular weight excluding hydrogens is 330 g/mol. The van der Waals surface area contributed by atoms with Gasteiger partial charge in [0.1, 0.15) is 11.6 Å². The molecule has 8 heteroatoms. The number of hydrogen-bond donors (Lipinski definition) is 3. The molecule has 3 rings (SSSR count). The Morgan fingerprint density at radius 2 is 1.76 bits per heavy atom. The smallest absolute Gasteiger partial charge is 0.254 e. The van der Waals surface area contributed by atoms with E-state index in [2.05, 4.69) is 20.6 Å². The minimum Gasteiger partial charge on any atom is -0.350 e. The Bertz CT molecular complexity index is 939. The molecule has 0 radical (unpaired) electrons. The summed E-state index contributed by atoms with van der Waals surface area (Å²) in [7, 11) is 0. The van der Waals surface area contributed by atoms with Gasteiger partial charge < -0.3 is 15.6 Å². The summed E-state index contributed by atoms with van der Waals surface area (Å²) in [5.74, 6) is -2.67. The highest BCUT2D eigenvalue weighted by atomic mass is 19.1. The summed E-state index contributed by atoms with van der Waals surface area (Å²) < 4.78 is 26.3. The summed E-state index contributed by atoms with van der Waals surface area (Å²) in [4.78, 5) is 30.8. The fraction of sp³-hybridized carbons (Fsp3) is 0.118. The first-order valence-corrected chi connectivity index (χ1v) is 7.49. The molecule has 0 saturated heterocycles. The Hall–Kier alpha value is -3.29. The number of rotatable bonds is 5. The number of carbonyl (C=O) groups excluding carboxylic acids is 2. The lowest BCUT2D eigenvalue weighted by Gasteiger charge is -2.08. The number of H-pyrrole nitrogens is 1. The zero-order valence-corrected chi connectivity index (χ0v) is 13.0. The zero-order valence-electron chi connectivity index (χ0n) is 13.0. The van der Waals surface area contributed by atoms with E-state index in [1.165, 1.54) is 6.33 Å². The molecule has 6 nitrogen and oxygen atoms in total. The third-order valence-electron chi connectivity index (χ3n) is 3.55. The highest BCUT2D eigenvalue weighted by Gasteiger charge is 2.12. The van der Waals surface area contributed by atoms with Crippen molar-refractivity contribution >= 4 is 22.8 Å². The van der Waals surface area contributed by atoms with Gasteiger partial charge in [-0.1, -0.05) is 0 Å². The maximum absolute atomic E-state index is 13.5. The normalized spacial score (nSPS) is 10.6. The predicted octanol–water partition coefficient (Wildman–Crippen LogP) is 2.00. The highest BCUT2D eigenvalue weighted by Crippen LogP contribution is 2.11. The van der Waals surface area contributed by atoms with Crippen LogP contribution in [0.3, 0.4) is 0 Å². The van der Waals surface area contributed by atoms with Crippen LogP contribution in [0.1, 0.15) is 20.7 Å². The largest absolute Gasteiger partial charge is 0.350 e. The van der Waals surface area contributed by atoms with Crippen LogP contribution in [0.2, 0.25) is 0 Å². The van der Waals surface area contributed by atoms with Gasteiger partial charge in [-0.05, 0) is 30.3 Å². The Morgan fingerprint density at radius 3 is 2.52 bits per heavy atom. The average molecular weight is 344 g/mol. The number of carbonyl (C=O) groups is 2. The Balaban J connectivity index is 1.50. The molecule has 0 bridgehead atoms. The summed E-state index contributed by atoms with van der Waals surface area (Å²) >= 11 is 0. The molecule has 1 heterocycles. The van der Waals surface area contributed by atoms with Gasteiger partial charge in [-0.2, -0.15) is 0 Å². The number of aromatic amines is 1. The molecule has 0 unspecified atom stereocenters. The molecule has 0 saturated carbocycles. The number of benzene rings is 2. The molecule has 128 valence electrons. The van der Waals surface area contributed by atoms with Gasteiger partial charge in [0.25, 0.3) is 11.8 Å². The molecule has 0 atom stereocenters. The van der Waals surface area contributed by atoms with Crippen molar-refractivity contribution in [2.24, 2.45) is 0 Å². The number of nitrogens with zero attached hydrogens (tertiary/aromatic N) is 1. The van der Waals surface area contributed by atoms with Crippen LogP contribution in [0.25, 0.3) is 11.0 Å². The van der Waals surface area contributed by atoms with E-state index >= 15 is 0 Å². The molecule has 2 aromatic carbocycles. The number of fused-ring (bicyclic) bond motifs is 1. The molecule has 3 N–H and O–H groups in total. The van der Waals surface area contributed by atoms with Gasteiger partial charge in [0.15, 0.2) is 0 Å². The van der Waals surface area contributed by atoms with E-state index in [4.69, 9.17) is 0 Å². The van der Waals surface area contributed by atoms with E-state index in [1.807, 2.05) is 0 Å². The Kier molecular flexibility index (Phi) is 4.69. The van der Waals surface area contributed by atoms with Crippen LogP contribution in [-0.2, 0) is 0 Å². The van der Waals surface area contributed by atoms with Crippen molar-refractivity contribution in [2.45, 2.75) is 0 Å². The first-order chi connectivity index (χ1) is 12.0. The maximum atomic E-state index is 13.5. The number of amides is 2. The second-order valence-electron chi connectivity index (χ2n) is 5.27. The number of nitrogens with one attached hydrogen (secondary N) is 3. The van der Waals surface area contributed by atoms with Crippen molar-refractivity contribution < 1.29 is 18.4 Å². The second kappa shape index (κ2) is 7.08. The SMILES string of the molecule is O=C(NCCNC(=O)c1ccc(F)cc1F)c1ccc2nc[nH]c2c1. The average Bonchev–Trinajstić information content (AvgIpc) is 3.06. The van der Waals surface area contributed by atoms with Crippen molar-refractivity contribution in [3.63, 3.8) is 0 Å². The molecule has 0 aliphatic carbocycles. The highest BCUT2D eigenvalue weighted by molar-refractivity contribution is 5.97. The molecule has 0 fully saturated rings. The van der Waals surface area contributed by atoms with Gasteiger partial charge in [-0.25, -0.2) is 13.8 Å². The number of imidazole rings is 1. The van der Waals surface area contributed by atoms with Crippen molar-refractivity contribution in [2.75, 3.05) is 13.1 Å². The molecule has 0 aliphatic heterocycles. The van der Waals surface area contributed by atoms with Crippen LogP contribution < -0.4 is 10.6 Å². The van der Waals surface area contributed by atoms with Crippen molar-refractivity contribution in [3.8, 4) is 0 Å². The summed E-state index contributed by atoms with van der Waals surface area (Å²) in [6.07, 6.45) is 1.54. The van der Waals surface area contributed by atoms with Crippen LogP contribution in [-0.4, -0.2) is 34.9 Å². The standard InChI is InChI=1S/C17H14F2N4O2/c18-11-2-3-12(13(19)8-11)17(25)21-6-5-20-16(24)10-1-4-14-15(7-10)23-9-22-14/h1-4,7-9H,5-6H2,(H,20,24)(H,21,25)(H,22,23). The molecule has 0 aliphatic rings. The molecule has 2 amide bonds. The molecule has 0 spiro atoms. The van der Waals surface area contributed by atoms with E-state index in [9.17, 15) is 18.4 Å². The summed E-state index contributed by atoms with van der Waals surface area (Å²) in [5, 5.41) is 5.10. The first kappa shape index (κ1) is 16.6. The van der Waals surface area contributed by atoms with Gasteiger partial charge in [-0.15, -0.1) is 0 Å². The van der Waals surface area contributed by atoms with Gasteiger partial charge >= 0.3 is 0 Å². The van der Waals surface area contributed by atoms with E-state index < -0.39 is 17.5 Å². The summed E-state index contributed by atoms with van der Waals surface area (Å²) in [5.41, 5.74) is 1.70. The molecule has 1 aromatic heterocycles. The molecule has 3 aromatic rings. The third kappa shape index (κ3) is 3.79. The first-order valence-electron chi connectivity index (χ1n) is 7.49. The van der Waals surface area contributed by atoms with Crippen molar-refractivity contribution in [1.29, 1.82) is 0 Å². The van der Waals surface area contributed by atoms with E-state index in [1.54, 1.807) is 18.2 Å². The minimum absolute atomic E-state index is 0.105. The molecule has 25 heavy (non-hydrogen) atoms. The predicted molar refractivity (Wildman–Crippen MR) is 87.1 cm³/mol. The molecular formula is C17H14F2N4O2. The lowest BCUT2D eigenvalue weighted by molar-refractivity contribution is 0.0925. The number of hydrogen-bond acceptors (Lipinski definition) is 3. The fourth-order valence-corrected chi connectivity index (χ4v) is 2.30. The van der Waals surface area contributed by atoms with E-state index in [0.29, 0.717) is 11.6 Å². The van der Waals surface area contributed by atoms with E-state index in [-0.39, 0.29) is 24.6 Å². The number of aromatic nitrogens is 2. The quantitative estimate of drug-likeness (QED) is 0.619. The van der Waals surface area contributed by atoms with Gasteiger partial charge in [0.2, 0.25) is 0 Å². The van der Waals surface area contributed by atoms with Crippen LogP contribution >= 0.6 is 0 Å². The van der Waals surface area contributed by atoms with Crippen LogP contribution in [0.4, 0.5) is 8.78 Å². The van der Waals surface area contributed by atoms with E-state index in [0.717, 1.165) is 23.2 Å². The van der Waals surface area contributed by atoms with Crippen molar-refractivity contribution in [3.05, 3.63) is 65.5 Å². The monoisotopic (exact) mass is 344 g/mol. The van der Waals surface area contributed by atoms with Gasteiger partial charge in [0, 0.05) is 24.7 Å². The lowest BCUT2D eigenvalue weighted by Crippen LogP contribution is -2.35. The van der Waals surface area contributed by atoms with Crippen molar-refractivity contribution in [1.82, 2.24) is 20.6 Å². The lowest BCUT2D eigenvalue weighted by atomic mass is 10.2. The van der Waals surface area contributed by atoms with Gasteiger partial charge in [0.05, 0.1) is 22.9 Å². The van der Waals surface area contributed by atoms with Crippen LogP contribution in [0.5, 0.6) is 0 Å². The zero-order chi connectivity index (χ0) is 17.8. The topological polar surface area (TPSA) is 86.9 Å². The Labute approximate surface area is 141 Å². The third-order valence-corrected chi connectivity index (χ3v) is 3.55. The second-order valence-corrected chi connectivity index (χ2v) is 5.27. The number of halogens is 2.